The van der Waals surface area contributed by atoms with Crippen molar-refractivity contribution >= 4 is 17.6 Å². The minimum atomic E-state index is -1.03. The van der Waals surface area contributed by atoms with Crippen LogP contribution in [0.4, 0.5) is 5.69 Å². The van der Waals surface area contributed by atoms with Crippen molar-refractivity contribution in [3.8, 4) is 5.75 Å². The molecule has 1 N–H and O–H groups in total. The molecule has 0 bridgehead atoms. The average molecular weight is 376 g/mol. The van der Waals surface area contributed by atoms with Crippen molar-refractivity contribution in [1.29, 1.82) is 0 Å². The zero-order valence-corrected chi connectivity index (χ0v) is 15.5. The van der Waals surface area contributed by atoms with Crippen molar-refractivity contribution in [3.63, 3.8) is 0 Å². The second kappa shape index (κ2) is 9.70. The number of nitro groups is 1. The molecule has 0 saturated carbocycles. The van der Waals surface area contributed by atoms with E-state index in [0.29, 0.717) is 6.54 Å². The molecule has 1 atom stereocenters. The fourth-order valence-corrected chi connectivity index (χ4v) is 2.87. The van der Waals surface area contributed by atoms with Crippen LogP contribution in [0.5, 0.6) is 5.75 Å². The van der Waals surface area contributed by atoms with Gasteiger partial charge in [-0.25, -0.2) is 4.79 Å². The zero-order chi connectivity index (χ0) is 19.8. The number of nitrogens with zero attached hydrogens (tertiary/aromatic N) is 1. The van der Waals surface area contributed by atoms with Gasteiger partial charge in [0.25, 0.3) is 11.6 Å². The van der Waals surface area contributed by atoms with Crippen LogP contribution in [0, 0.1) is 10.1 Å². The summed E-state index contributed by atoms with van der Waals surface area (Å²) in [4.78, 5) is 34.7. The number of carbonyl (C=O) groups excluding carboxylic acids is 2. The summed E-state index contributed by atoms with van der Waals surface area (Å²) in [6.45, 7) is 1.93. The Kier molecular flexibility index (Phi) is 7.34. The monoisotopic (exact) mass is 376 g/mol. The van der Waals surface area contributed by atoms with Gasteiger partial charge in [-0.15, -0.1) is 0 Å². The fourth-order valence-electron chi connectivity index (χ4n) is 2.87. The molecule has 8 heteroatoms. The minimum Gasteiger partial charge on any atom is -0.496 e. The normalized spacial score (nSPS) is 14.7. The lowest BCUT2D eigenvalue weighted by molar-refractivity contribution is -0.384. The summed E-state index contributed by atoms with van der Waals surface area (Å²) in [6, 6.07) is 3.62. The first-order chi connectivity index (χ1) is 12.9. The molecule has 0 unspecified atom stereocenters. The van der Waals surface area contributed by atoms with Crippen molar-refractivity contribution in [3.05, 3.63) is 45.5 Å². The number of hydrogen-bond donors (Lipinski definition) is 1. The van der Waals surface area contributed by atoms with Crippen molar-refractivity contribution in [1.82, 2.24) is 5.32 Å². The Hall–Kier alpha value is -2.90. The third-order valence-corrected chi connectivity index (χ3v) is 4.40. The summed E-state index contributed by atoms with van der Waals surface area (Å²) in [7, 11) is 1.34. The molecule has 8 nitrogen and oxygen atoms in total. The molecule has 0 aromatic heterocycles. The van der Waals surface area contributed by atoms with E-state index in [0.717, 1.165) is 25.3 Å². The number of amides is 1. The number of hydrogen-bond acceptors (Lipinski definition) is 6. The van der Waals surface area contributed by atoms with E-state index in [-0.39, 0.29) is 17.0 Å². The van der Waals surface area contributed by atoms with Crippen LogP contribution in [0.25, 0.3) is 0 Å². The van der Waals surface area contributed by atoms with Gasteiger partial charge in [-0.1, -0.05) is 11.6 Å². The summed E-state index contributed by atoms with van der Waals surface area (Å²) >= 11 is 0. The molecule has 0 heterocycles. The van der Waals surface area contributed by atoms with E-state index < -0.39 is 22.9 Å². The van der Waals surface area contributed by atoms with E-state index in [1.807, 2.05) is 0 Å². The van der Waals surface area contributed by atoms with Gasteiger partial charge in [0.15, 0.2) is 6.10 Å². The summed E-state index contributed by atoms with van der Waals surface area (Å²) < 4.78 is 10.2. The van der Waals surface area contributed by atoms with Crippen LogP contribution in [0.15, 0.2) is 29.8 Å². The zero-order valence-electron chi connectivity index (χ0n) is 15.5. The smallest absolute Gasteiger partial charge is 0.342 e. The summed E-state index contributed by atoms with van der Waals surface area (Å²) in [5.74, 6) is -1.13. The first kappa shape index (κ1) is 20.4. The maximum Gasteiger partial charge on any atom is 0.342 e. The number of ether oxygens (including phenoxy) is 2. The highest BCUT2D eigenvalue weighted by Gasteiger charge is 2.23. The molecule has 0 aliphatic heterocycles. The van der Waals surface area contributed by atoms with E-state index in [1.165, 1.54) is 44.6 Å². The van der Waals surface area contributed by atoms with Crippen molar-refractivity contribution in [2.75, 3.05) is 13.7 Å². The standard InChI is InChI=1S/C19H24N2O6/c1-13(18(22)20-11-10-14-6-4-3-5-7-14)27-19(23)16-12-15(21(24)25)8-9-17(16)26-2/h6,8-9,12-13H,3-5,7,10-11H2,1-2H3,(H,20,22)/t13-/m0/s1. The second-order valence-electron chi connectivity index (χ2n) is 6.34. The number of allylic oxidation sites excluding steroid dienone is 1. The van der Waals surface area contributed by atoms with Crippen LogP contribution in [0.2, 0.25) is 0 Å². The molecule has 1 aliphatic carbocycles. The lowest BCUT2D eigenvalue weighted by Gasteiger charge is -2.16. The number of methoxy groups -OCH3 is 1. The topological polar surface area (TPSA) is 108 Å². The van der Waals surface area contributed by atoms with E-state index in [9.17, 15) is 19.7 Å². The Labute approximate surface area is 157 Å². The van der Waals surface area contributed by atoms with Crippen LogP contribution >= 0.6 is 0 Å². The number of rotatable bonds is 8. The summed E-state index contributed by atoms with van der Waals surface area (Å²) in [5.41, 5.74) is 0.979. The first-order valence-corrected chi connectivity index (χ1v) is 8.91. The number of non-ortho nitro benzene ring substituents is 1. The Bertz CT molecular complexity index is 744. The van der Waals surface area contributed by atoms with Gasteiger partial charge in [-0.05, 0) is 45.1 Å². The molecule has 27 heavy (non-hydrogen) atoms. The maximum atomic E-state index is 12.3. The quantitative estimate of drug-likeness (QED) is 0.323. The minimum absolute atomic E-state index is 0.0984. The van der Waals surface area contributed by atoms with E-state index in [4.69, 9.17) is 9.47 Å². The van der Waals surface area contributed by atoms with Crippen LogP contribution < -0.4 is 10.1 Å². The highest BCUT2D eigenvalue weighted by molar-refractivity contribution is 5.95. The maximum absolute atomic E-state index is 12.3. The molecular weight excluding hydrogens is 352 g/mol. The van der Waals surface area contributed by atoms with Gasteiger partial charge < -0.3 is 14.8 Å². The molecule has 0 fully saturated rings. The van der Waals surface area contributed by atoms with Crippen molar-refractivity contribution in [2.24, 2.45) is 0 Å². The lowest BCUT2D eigenvalue weighted by Crippen LogP contribution is -2.36. The third-order valence-electron chi connectivity index (χ3n) is 4.40. The Balaban J connectivity index is 1.92. The van der Waals surface area contributed by atoms with Crippen LogP contribution in [0.3, 0.4) is 0 Å². The molecule has 0 saturated heterocycles. The van der Waals surface area contributed by atoms with Gasteiger partial charge >= 0.3 is 5.97 Å². The van der Waals surface area contributed by atoms with Gasteiger partial charge in [0, 0.05) is 18.7 Å². The molecule has 1 amide bonds. The number of nitrogens with one attached hydrogen (secondary N) is 1. The predicted molar refractivity (Wildman–Crippen MR) is 98.7 cm³/mol. The molecule has 0 spiro atoms. The van der Waals surface area contributed by atoms with Crippen LogP contribution in [0.1, 0.15) is 49.4 Å². The van der Waals surface area contributed by atoms with Crippen LogP contribution in [-0.4, -0.2) is 36.6 Å². The number of benzene rings is 1. The highest BCUT2D eigenvalue weighted by Crippen LogP contribution is 2.25. The second-order valence-corrected chi connectivity index (χ2v) is 6.34. The molecule has 0 radical (unpaired) electrons. The van der Waals surface area contributed by atoms with Gasteiger partial charge in [0.1, 0.15) is 11.3 Å². The Morgan fingerprint density at radius 3 is 2.74 bits per heavy atom. The fraction of sp³-hybridized carbons (Fsp3) is 0.474. The largest absolute Gasteiger partial charge is 0.496 e. The molecular formula is C19H24N2O6. The first-order valence-electron chi connectivity index (χ1n) is 8.91. The van der Waals surface area contributed by atoms with Gasteiger partial charge in [-0.3, -0.25) is 14.9 Å². The lowest BCUT2D eigenvalue weighted by atomic mass is 9.97. The number of carbonyl (C=O) groups is 2. The van der Waals surface area contributed by atoms with E-state index in [1.54, 1.807) is 0 Å². The summed E-state index contributed by atoms with van der Waals surface area (Å²) in [6.07, 6.45) is 6.51. The van der Waals surface area contributed by atoms with Gasteiger partial charge in [0.05, 0.1) is 12.0 Å². The third kappa shape index (κ3) is 5.80. The van der Waals surface area contributed by atoms with E-state index in [2.05, 4.69) is 11.4 Å². The van der Waals surface area contributed by atoms with Crippen LogP contribution in [-0.2, 0) is 9.53 Å². The highest BCUT2D eigenvalue weighted by atomic mass is 16.6. The Morgan fingerprint density at radius 1 is 1.33 bits per heavy atom. The molecule has 1 aliphatic rings. The molecule has 146 valence electrons. The molecule has 1 aromatic carbocycles. The Morgan fingerprint density at radius 2 is 2.11 bits per heavy atom. The van der Waals surface area contributed by atoms with Crippen molar-refractivity contribution in [2.45, 2.75) is 45.1 Å². The SMILES string of the molecule is COc1ccc([N+](=O)[O-])cc1C(=O)O[C@@H](C)C(=O)NCCC1=CCCCC1. The molecule has 2 rings (SSSR count). The average Bonchev–Trinajstić information content (AvgIpc) is 2.67. The summed E-state index contributed by atoms with van der Waals surface area (Å²) in [5, 5.41) is 13.6. The van der Waals surface area contributed by atoms with E-state index >= 15 is 0 Å². The van der Waals surface area contributed by atoms with Gasteiger partial charge in [0.2, 0.25) is 0 Å². The number of nitro benzene ring substituents is 1. The predicted octanol–water partition coefficient (Wildman–Crippen LogP) is 3.16. The molecule has 1 aromatic rings. The van der Waals surface area contributed by atoms with Crippen molar-refractivity contribution < 1.29 is 24.0 Å². The number of esters is 1. The van der Waals surface area contributed by atoms with Gasteiger partial charge in [-0.2, -0.15) is 0 Å².